The predicted molar refractivity (Wildman–Crippen MR) is 56.0 cm³/mol. The van der Waals surface area contributed by atoms with Gasteiger partial charge in [0.15, 0.2) is 0 Å². The third-order valence-corrected chi connectivity index (χ3v) is 2.26. The van der Waals surface area contributed by atoms with Crippen LogP contribution in [0.4, 0.5) is 0 Å². The normalized spacial score (nSPS) is 10.5. The Balaban J connectivity index is 2.84. The molecule has 0 aliphatic heterocycles. The molecule has 0 bridgehead atoms. The zero-order chi connectivity index (χ0) is 10.4. The van der Waals surface area contributed by atoms with Crippen molar-refractivity contribution in [2.45, 2.75) is 13.2 Å². The van der Waals surface area contributed by atoms with Gasteiger partial charge in [0.1, 0.15) is 0 Å². The molecule has 1 N–H and O–H groups in total. The van der Waals surface area contributed by atoms with Gasteiger partial charge in [-0.25, -0.2) is 0 Å². The predicted octanol–water partition coefficient (Wildman–Crippen LogP) is 2.14. The van der Waals surface area contributed by atoms with Gasteiger partial charge in [-0.1, -0.05) is 23.7 Å². The van der Waals surface area contributed by atoms with Gasteiger partial charge in [-0.05, 0) is 17.2 Å². The molecule has 0 unspecified atom stereocenters. The fourth-order valence-corrected chi connectivity index (χ4v) is 1.50. The molecule has 0 aliphatic rings. The van der Waals surface area contributed by atoms with Crippen LogP contribution < -0.4 is 5.48 Å². The Hall–Kier alpha value is -0.610. The maximum Gasteiger partial charge on any atom is 0.0716 e. The highest BCUT2D eigenvalue weighted by Gasteiger charge is 2.05. The number of methoxy groups -OCH3 is 1. The minimum absolute atomic E-state index is 0.557. The lowest BCUT2D eigenvalue weighted by Crippen LogP contribution is -2.13. The van der Waals surface area contributed by atoms with Crippen molar-refractivity contribution in [2.24, 2.45) is 0 Å². The highest BCUT2D eigenvalue weighted by Crippen LogP contribution is 2.20. The van der Waals surface area contributed by atoms with E-state index >= 15 is 0 Å². The van der Waals surface area contributed by atoms with Gasteiger partial charge in [0.2, 0.25) is 0 Å². The summed E-state index contributed by atoms with van der Waals surface area (Å²) in [6, 6.07) is 5.75. The van der Waals surface area contributed by atoms with Gasteiger partial charge in [0.05, 0.1) is 13.7 Å². The van der Waals surface area contributed by atoms with Crippen molar-refractivity contribution in [3.63, 3.8) is 0 Å². The van der Waals surface area contributed by atoms with E-state index in [9.17, 15) is 0 Å². The van der Waals surface area contributed by atoms with Gasteiger partial charge < -0.3 is 9.57 Å². The van der Waals surface area contributed by atoms with Gasteiger partial charge in [0.25, 0.3) is 0 Å². The largest absolute Gasteiger partial charge is 0.380 e. The van der Waals surface area contributed by atoms with Crippen LogP contribution in [0, 0.1) is 0 Å². The molecule has 0 saturated heterocycles. The number of ether oxygens (including phenoxy) is 1. The number of rotatable bonds is 5. The van der Waals surface area contributed by atoms with E-state index in [4.69, 9.17) is 21.2 Å². The molecule has 0 saturated carbocycles. The quantitative estimate of drug-likeness (QED) is 0.764. The highest BCUT2D eigenvalue weighted by molar-refractivity contribution is 6.31. The molecular formula is C10H14ClNO2. The Kier molecular flexibility index (Phi) is 4.90. The molecule has 0 heterocycles. The van der Waals surface area contributed by atoms with E-state index in [1.165, 1.54) is 0 Å². The van der Waals surface area contributed by atoms with Gasteiger partial charge in [-0.3, -0.25) is 0 Å². The van der Waals surface area contributed by atoms with Crippen molar-refractivity contribution in [1.82, 2.24) is 5.48 Å². The third-order valence-electron chi connectivity index (χ3n) is 1.91. The molecule has 4 heteroatoms. The van der Waals surface area contributed by atoms with Gasteiger partial charge in [-0.15, -0.1) is 0 Å². The smallest absolute Gasteiger partial charge is 0.0716 e. The second kappa shape index (κ2) is 5.98. The van der Waals surface area contributed by atoms with Crippen LogP contribution in [0.15, 0.2) is 18.2 Å². The first kappa shape index (κ1) is 11.5. The standard InChI is InChI=1S/C10H14ClNO2/c1-13-7-8-4-3-5-10(11)9(8)6-12-14-2/h3-5,12H,6-7H2,1-2H3. The van der Waals surface area contributed by atoms with E-state index < -0.39 is 0 Å². The molecule has 0 radical (unpaired) electrons. The minimum Gasteiger partial charge on any atom is -0.380 e. The summed E-state index contributed by atoms with van der Waals surface area (Å²) < 4.78 is 5.08. The van der Waals surface area contributed by atoms with Gasteiger partial charge >= 0.3 is 0 Å². The molecule has 0 aromatic heterocycles. The van der Waals surface area contributed by atoms with Crippen LogP contribution >= 0.6 is 11.6 Å². The van der Waals surface area contributed by atoms with Crippen LogP contribution in [0.2, 0.25) is 5.02 Å². The van der Waals surface area contributed by atoms with Crippen LogP contribution in [-0.4, -0.2) is 14.2 Å². The van der Waals surface area contributed by atoms with Gasteiger partial charge in [0, 0.05) is 18.7 Å². The maximum atomic E-state index is 6.05. The van der Waals surface area contributed by atoms with Crippen LogP contribution in [0.3, 0.4) is 0 Å². The number of hydrogen-bond acceptors (Lipinski definition) is 3. The molecule has 3 nitrogen and oxygen atoms in total. The van der Waals surface area contributed by atoms with Gasteiger partial charge in [-0.2, -0.15) is 5.48 Å². The lowest BCUT2D eigenvalue weighted by atomic mass is 10.1. The first-order valence-electron chi connectivity index (χ1n) is 4.30. The molecule has 0 aliphatic carbocycles. The Labute approximate surface area is 88.9 Å². The number of hydroxylamine groups is 1. The molecule has 1 aromatic rings. The maximum absolute atomic E-state index is 6.05. The van der Waals surface area contributed by atoms with Crippen molar-refractivity contribution >= 4 is 11.6 Å². The number of benzene rings is 1. The molecule has 78 valence electrons. The van der Waals surface area contributed by atoms with Crippen LogP contribution in [0.1, 0.15) is 11.1 Å². The fraction of sp³-hybridized carbons (Fsp3) is 0.400. The molecule has 0 spiro atoms. The molecule has 0 fully saturated rings. The Morgan fingerprint density at radius 2 is 2.14 bits per heavy atom. The zero-order valence-corrected chi connectivity index (χ0v) is 9.10. The topological polar surface area (TPSA) is 30.5 Å². The SMILES string of the molecule is COCc1cccc(Cl)c1CNOC. The molecule has 1 aromatic carbocycles. The number of nitrogens with one attached hydrogen (secondary N) is 1. The average Bonchev–Trinajstić information content (AvgIpc) is 2.18. The average molecular weight is 216 g/mol. The molecule has 1 rings (SSSR count). The van der Waals surface area contributed by atoms with Crippen LogP contribution in [0.25, 0.3) is 0 Å². The van der Waals surface area contributed by atoms with E-state index in [0.717, 1.165) is 16.1 Å². The lowest BCUT2D eigenvalue weighted by molar-refractivity contribution is 0.0859. The molecule has 14 heavy (non-hydrogen) atoms. The first-order valence-corrected chi connectivity index (χ1v) is 4.68. The summed E-state index contributed by atoms with van der Waals surface area (Å²) >= 11 is 6.05. The van der Waals surface area contributed by atoms with Crippen molar-refractivity contribution in [1.29, 1.82) is 0 Å². The third kappa shape index (κ3) is 2.96. The van der Waals surface area contributed by atoms with E-state index in [2.05, 4.69) is 5.48 Å². The fourth-order valence-electron chi connectivity index (χ4n) is 1.24. The van der Waals surface area contributed by atoms with E-state index in [0.29, 0.717) is 13.2 Å². The van der Waals surface area contributed by atoms with Crippen LogP contribution in [-0.2, 0) is 22.7 Å². The van der Waals surface area contributed by atoms with Crippen molar-refractivity contribution in [2.75, 3.05) is 14.2 Å². The Morgan fingerprint density at radius 3 is 2.79 bits per heavy atom. The summed E-state index contributed by atoms with van der Waals surface area (Å²) in [4.78, 5) is 4.78. The van der Waals surface area contributed by atoms with E-state index in [-0.39, 0.29) is 0 Å². The second-order valence-electron chi connectivity index (χ2n) is 2.84. The monoisotopic (exact) mass is 215 g/mol. The summed E-state index contributed by atoms with van der Waals surface area (Å²) in [5, 5.41) is 0.726. The van der Waals surface area contributed by atoms with Crippen LogP contribution in [0.5, 0.6) is 0 Å². The summed E-state index contributed by atoms with van der Waals surface area (Å²) in [7, 11) is 3.24. The van der Waals surface area contributed by atoms with Crippen molar-refractivity contribution in [3.8, 4) is 0 Å². The molecule has 0 atom stereocenters. The zero-order valence-electron chi connectivity index (χ0n) is 8.34. The number of hydrogen-bond donors (Lipinski definition) is 1. The summed E-state index contributed by atoms with van der Waals surface area (Å²) in [6.07, 6.45) is 0. The van der Waals surface area contributed by atoms with Crippen molar-refractivity contribution < 1.29 is 9.57 Å². The molecular weight excluding hydrogens is 202 g/mol. The summed E-state index contributed by atoms with van der Waals surface area (Å²) in [5.41, 5.74) is 4.85. The van der Waals surface area contributed by atoms with E-state index in [1.807, 2.05) is 18.2 Å². The highest BCUT2D eigenvalue weighted by atomic mass is 35.5. The van der Waals surface area contributed by atoms with Crippen molar-refractivity contribution in [3.05, 3.63) is 34.3 Å². The van der Waals surface area contributed by atoms with E-state index in [1.54, 1.807) is 14.2 Å². The lowest BCUT2D eigenvalue weighted by Gasteiger charge is -2.10. The summed E-state index contributed by atoms with van der Waals surface area (Å²) in [5.74, 6) is 0. The molecule has 0 amide bonds. The Morgan fingerprint density at radius 1 is 1.36 bits per heavy atom. The Bertz CT molecular complexity index is 291. The number of halogens is 1. The minimum atomic E-state index is 0.557. The first-order chi connectivity index (χ1) is 6.79. The second-order valence-corrected chi connectivity index (χ2v) is 3.24. The summed E-state index contributed by atoms with van der Waals surface area (Å²) in [6.45, 7) is 1.14.